The monoisotopic (exact) mass is 316 g/mol. The summed E-state index contributed by atoms with van der Waals surface area (Å²) in [5.41, 5.74) is 1.52. The van der Waals surface area contributed by atoms with Crippen LogP contribution in [-0.2, 0) is 12.8 Å². The third-order valence-electron chi connectivity index (χ3n) is 4.97. The van der Waals surface area contributed by atoms with Crippen LogP contribution in [0.25, 0.3) is 10.2 Å². The van der Waals surface area contributed by atoms with Gasteiger partial charge in [0.05, 0.1) is 5.39 Å². The average molecular weight is 316 g/mol. The third-order valence-corrected chi connectivity index (χ3v) is 6.16. The van der Waals surface area contributed by atoms with Crippen LogP contribution in [0.1, 0.15) is 42.5 Å². The van der Waals surface area contributed by atoms with Crippen LogP contribution in [0.2, 0.25) is 0 Å². The molecule has 1 N–H and O–H groups in total. The van der Waals surface area contributed by atoms with Gasteiger partial charge in [-0.25, -0.2) is 9.97 Å². The smallest absolute Gasteiger partial charge is 0.139 e. The lowest BCUT2D eigenvalue weighted by Gasteiger charge is -2.32. The molecule has 3 heterocycles. The molecule has 0 unspecified atom stereocenters. The number of hydrogen-bond acceptors (Lipinski definition) is 5. The molecule has 2 aromatic rings. The zero-order chi connectivity index (χ0) is 15.1. The Labute approximate surface area is 136 Å². The van der Waals surface area contributed by atoms with E-state index in [-0.39, 0.29) is 0 Å². The number of aryl methyl sites for hydroxylation is 3. The van der Waals surface area contributed by atoms with E-state index in [1.54, 1.807) is 0 Å². The maximum Gasteiger partial charge on any atom is 0.139 e. The van der Waals surface area contributed by atoms with Gasteiger partial charge in [-0.05, 0) is 57.7 Å². The highest BCUT2D eigenvalue weighted by molar-refractivity contribution is 7.19. The van der Waals surface area contributed by atoms with Gasteiger partial charge in [-0.15, -0.1) is 11.3 Å². The predicted molar refractivity (Wildman–Crippen MR) is 92.9 cm³/mol. The number of likely N-dealkylation sites (tertiary alicyclic amines) is 1. The zero-order valence-electron chi connectivity index (χ0n) is 13.5. The molecular formula is C17H24N4S. The van der Waals surface area contributed by atoms with Crippen molar-refractivity contribution in [1.82, 2.24) is 14.9 Å². The zero-order valence-corrected chi connectivity index (χ0v) is 14.3. The van der Waals surface area contributed by atoms with E-state index in [0.29, 0.717) is 6.04 Å². The number of piperidine rings is 1. The van der Waals surface area contributed by atoms with E-state index in [1.807, 2.05) is 18.3 Å². The van der Waals surface area contributed by atoms with Crippen molar-refractivity contribution in [3.8, 4) is 0 Å². The molecule has 0 bridgehead atoms. The molecule has 1 fully saturated rings. The van der Waals surface area contributed by atoms with E-state index in [0.717, 1.165) is 24.7 Å². The average Bonchev–Trinajstić information content (AvgIpc) is 3.07. The quantitative estimate of drug-likeness (QED) is 0.942. The first kappa shape index (κ1) is 14.4. The minimum absolute atomic E-state index is 0.517. The number of nitrogens with one attached hydrogen (secondary N) is 1. The summed E-state index contributed by atoms with van der Waals surface area (Å²) in [6.45, 7) is 7.77. The molecule has 0 amide bonds. The van der Waals surface area contributed by atoms with Crippen LogP contribution >= 0.6 is 11.3 Å². The van der Waals surface area contributed by atoms with Crippen LogP contribution in [0.5, 0.6) is 0 Å². The number of likely N-dealkylation sites (N-methyl/N-ethyl adjacent to an activating group) is 1. The van der Waals surface area contributed by atoms with Crippen LogP contribution in [-0.4, -0.2) is 40.5 Å². The van der Waals surface area contributed by atoms with E-state index in [9.17, 15) is 0 Å². The van der Waals surface area contributed by atoms with Crippen LogP contribution in [0.15, 0.2) is 0 Å². The largest absolute Gasteiger partial charge is 0.365 e. The summed E-state index contributed by atoms with van der Waals surface area (Å²) in [6.07, 6.45) is 6.23. The van der Waals surface area contributed by atoms with Crippen LogP contribution in [0.4, 0.5) is 5.82 Å². The van der Waals surface area contributed by atoms with Crippen molar-refractivity contribution in [2.24, 2.45) is 0 Å². The molecule has 4 nitrogen and oxygen atoms in total. The van der Waals surface area contributed by atoms with Gasteiger partial charge in [0.1, 0.15) is 16.5 Å². The maximum atomic E-state index is 4.76. The van der Waals surface area contributed by atoms with E-state index in [2.05, 4.69) is 22.1 Å². The van der Waals surface area contributed by atoms with Gasteiger partial charge in [-0.2, -0.15) is 0 Å². The number of hydrogen-bond donors (Lipinski definition) is 1. The molecule has 0 radical (unpaired) electrons. The maximum absolute atomic E-state index is 4.76. The van der Waals surface area contributed by atoms with Crippen LogP contribution in [0, 0.1) is 6.92 Å². The van der Waals surface area contributed by atoms with E-state index < -0.39 is 0 Å². The Morgan fingerprint density at radius 1 is 1.27 bits per heavy atom. The van der Waals surface area contributed by atoms with Crippen molar-refractivity contribution in [2.75, 3.05) is 25.0 Å². The van der Waals surface area contributed by atoms with Crippen molar-refractivity contribution in [3.05, 3.63) is 16.3 Å². The lowest BCUT2D eigenvalue weighted by molar-refractivity contribution is 0.226. The minimum Gasteiger partial charge on any atom is -0.365 e. The SMILES string of the molecule is CCN1CCC[C@H](Nc2nc(C)nc3sc4c(c23)CCC4)C1. The van der Waals surface area contributed by atoms with Gasteiger partial charge in [0, 0.05) is 17.5 Å². The summed E-state index contributed by atoms with van der Waals surface area (Å²) < 4.78 is 0. The fourth-order valence-corrected chi connectivity index (χ4v) is 5.17. The predicted octanol–water partition coefficient (Wildman–Crippen LogP) is 3.38. The number of aromatic nitrogens is 2. The van der Waals surface area contributed by atoms with Crippen molar-refractivity contribution in [2.45, 2.75) is 52.0 Å². The molecule has 1 saturated heterocycles. The van der Waals surface area contributed by atoms with E-state index in [4.69, 9.17) is 4.98 Å². The first-order valence-electron chi connectivity index (χ1n) is 8.52. The lowest BCUT2D eigenvalue weighted by Crippen LogP contribution is -2.42. The Balaban J connectivity index is 1.68. The highest BCUT2D eigenvalue weighted by Gasteiger charge is 2.24. The first-order chi connectivity index (χ1) is 10.7. The van der Waals surface area contributed by atoms with Gasteiger partial charge in [0.15, 0.2) is 0 Å². The fraction of sp³-hybridized carbons (Fsp3) is 0.647. The topological polar surface area (TPSA) is 41.0 Å². The second-order valence-corrected chi connectivity index (χ2v) is 7.62. The Bertz CT molecular complexity index is 694. The number of fused-ring (bicyclic) bond motifs is 3. The molecule has 118 valence electrons. The molecule has 0 spiro atoms. The molecule has 5 heteroatoms. The molecule has 0 saturated carbocycles. The van der Waals surface area contributed by atoms with Gasteiger partial charge in [-0.3, -0.25) is 0 Å². The number of thiophene rings is 1. The Morgan fingerprint density at radius 2 is 2.18 bits per heavy atom. The minimum atomic E-state index is 0.517. The highest BCUT2D eigenvalue weighted by atomic mass is 32.1. The lowest BCUT2D eigenvalue weighted by atomic mass is 10.1. The van der Waals surface area contributed by atoms with Gasteiger partial charge < -0.3 is 10.2 Å². The first-order valence-corrected chi connectivity index (χ1v) is 9.34. The van der Waals surface area contributed by atoms with Gasteiger partial charge >= 0.3 is 0 Å². The second-order valence-electron chi connectivity index (χ2n) is 6.53. The van der Waals surface area contributed by atoms with Crippen molar-refractivity contribution in [1.29, 1.82) is 0 Å². The molecule has 1 aliphatic heterocycles. The number of rotatable bonds is 3. The standard InChI is InChI=1S/C17H24N4S/c1-3-21-9-5-6-12(10-21)20-16-15-13-7-4-8-14(13)22-17(15)19-11(2)18-16/h12H,3-10H2,1-2H3,(H,18,19,20)/t12-/m0/s1. The Hall–Kier alpha value is -1.20. The van der Waals surface area contributed by atoms with Crippen molar-refractivity contribution < 1.29 is 0 Å². The molecule has 2 aromatic heterocycles. The fourth-order valence-electron chi connectivity index (χ4n) is 3.86. The van der Waals surface area contributed by atoms with Crippen molar-refractivity contribution >= 4 is 27.4 Å². The summed E-state index contributed by atoms with van der Waals surface area (Å²) in [6, 6.07) is 0.517. The van der Waals surface area contributed by atoms with E-state index >= 15 is 0 Å². The number of anilines is 1. The molecule has 0 aromatic carbocycles. The summed E-state index contributed by atoms with van der Waals surface area (Å²) in [5, 5.41) is 5.08. The van der Waals surface area contributed by atoms with Crippen molar-refractivity contribution in [3.63, 3.8) is 0 Å². The number of nitrogens with zero attached hydrogens (tertiary/aromatic N) is 3. The summed E-state index contributed by atoms with van der Waals surface area (Å²) in [7, 11) is 0. The summed E-state index contributed by atoms with van der Waals surface area (Å²) >= 11 is 1.88. The highest BCUT2D eigenvalue weighted by Crippen LogP contribution is 2.39. The second kappa shape index (κ2) is 5.78. The third kappa shape index (κ3) is 2.50. The van der Waals surface area contributed by atoms with Gasteiger partial charge in [-0.1, -0.05) is 6.92 Å². The van der Waals surface area contributed by atoms with Gasteiger partial charge in [0.25, 0.3) is 0 Å². The van der Waals surface area contributed by atoms with E-state index in [1.165, 1.54) is 59.3 Å². The molecule has 22 heavy (non-hydrogen) atoms. The molecular weight excluding hydrogens is 292 g/mol. The van der Waals surface area contributed by atoms with Crippen LogP contribution in [0.3, 0.4) is 0 Å². The molecule has 1 aliphatic carbocycles. The Morgan fingerprint density at radius 3 is 3.05 bits per heavy atom. The van der Waals surface area contributed by atoms with Crippen LogP contribution < -0.4 is 5.32 Å². The normalized spacial score (nSPS) is 22.2. The Kier molecular flexibility index (Phi) is 3.78. The molecule has 4 rings (SSSR count). The summed E-state index contributed by atoms with van der Waals surface area (Å²) in [5.74, 6) is 1.97. The molecule has 2 aliphatic rings. The molecule has 1 atom stereocenters. The van der Waals surface area contributed by atoms with Gasteiger partial charge in [0.2, 0.25) is 0 Å². The summed E-state index contributed by atoms with van der Waals surface area (Å²) in [4.78, 5) is 14.7.